The molecule has 0 bridgehead atoms. The zero-order valence-corrected chi connectivity index (χ0v) is 13.1. The highest BCUT2D eigenvalue weighted by atomic mass is 35.5. The fraction of sp³-hybridized carbons (Fsp3) is 0.312. The van der Waals surface area contributed by atoms with Crippen molar-refractivity contribution in [2.75, 3.05) is 12.3 Å². The van der Waals surface area contributed by atoms with Crippen molar-refractivity contribution in [3.8, 4) is 0 Å². The maximum atomic E-state index is 5.86. The van der Waals surface area contributed by atoms with Crippen molar-refractivity contribution in [3.05, 3.63) is 59.2 Å². The molecule has 2 aromatic rings. The Bertz CT molecular complexity index is 519. The molecule has 1 unspecified atom stereocenters. The quantitative estimate of drug-likeness (QED) is 0.474. The molecular weight excluding hydrogens is 288 g/mol. The first-order chi connectivity index (χ1) is 9.74. The molecule has 0 aliphatic rings. The van der Waals surface area contributed by atoms with E-state index < -0.39 is 0 Å². The summed E-state index contributed by atoms with van der Waals surface area (Å²) in [5.74, 6) is 0.993. The Balaban J connectivity index is 1.66. The van der Waals surface area contributed by atoms with Crippen molar-refractivity contribution in [2.45, 2.75) is 24.4 Å². The van der Waals surface area contributed by atoms with Crippen LogP contribution in [0.2, 0.25) is 5.15 Å². The van der Waals surface area contributed by atoms with E-state index in [1.807, 2.05) is 12.1 Å². The van der Waals surface area contributed by atoms with Crippen molar-refractivity contribution < 1.29 is 0 Å². The number of hydrogen-bond acceptors (Lipinski definition) is 3. The molecule has 1 atom stereocenters. The molecule has 106 valence electrons. The van der Waals surface area contributed by atoms with E-state index in [0.717, 1.165) is 23.7 Å². The molecule has 0 aliphatic carbocycles. The SMILES string of the molecule is CC(Cc1ccccc1)NCCSc1cccc(Cl)n1. The first-order valence-electron chi connectivity index (χ1n) is 6.77. The smallest absolute Gasteiger partial charge is 0.130 e. The number of pyridine rings is 1. The molecule has 0 radical (unpaired) electrons. The molecule has 1 aromatic heterocycles. The molecule has 0 spiro atoms. The van der Waals surface area contributed by atoms with Gasteiger partial charge in [-0.25, -0.2) is 4.98 Å². The van der Waals surface area contributed by atoms with Crippen LogP contribution in [0, 0.1) is 0 Å². The van der Waals surface area contributed by atoms with Crippen molar-refractivity contribution in [2.24, 2.45) is 0 Å². The molecule has 0 aliphatic heterocycles. The molecule has 0 saturated carbocycles. The summed E-state index contributed by atoms with van der Waals surface area (Å²) in [5, 5.41) is 5.07. The van der Waals surface area contributed by atoms with E-state index >= 15 is 0 Å². The summed E-state index contributed by atoms with van der Waals surface area (Å²) >= 11 is 7.58. The van der Waals surface area contributed by atoms with Gasteiger partial charge in [-0.15, -0.1) is 11.8 Å². The van der Waals surface area contributed by atoms with Gasteiger partial charge in [0.05, 0.1) is 5.03 Å². The molecule has 1 aromatic carbocycles. The van der Waals surface area contributed by atoms with Gasteiger partial charge in [0.2, 0.25) is 0 Å². The Kier molecular flexibility index (Phi) is 6.37. The third-order valence-corrected chi connectivity index (χ3v) is 4.06. The zero-order valence-electron chi connectivity index (χ0n) is 11.6. The second kappa shape index (κ2) is 8.30. The van der Waals surface area contributed by atoms with Crippen LogP contribution in [0.3, 0.4) is 0 Å². The van der Waals surface area contributed by atoms with Crippen LogP contribution in [0.15, 0.2) is 53.6 Å². The van der Waals surface area contributed by atoms with Gasteiger partial charge in [-0.05, 0) is 31.0 Å². The van der Waals surface area contributed by atoms with Gasteiger partial charge in [-0.1, -0.05) is 48.0 Å². The highest BCUT2D eigenvalue weighted by Gasteiger charge is 2.03. The van der Waals surface area contributed by atoms with Crippen molar-refractivity contribution in [1.82, 2.24) is 10.3 Å². The lowest BCUT2D eigenvalue weighted by Gasteiger charge is -2.13. The van der Waals surface area contributed by atoms with E-state index in [1.165, 1.54) is 5.56 Å². The first kappa shape index (κ1) is 15.4. The van der Waals surface area contributed by atoms with Gasteiger partial charge in [0, 0.05) is 18.3 Å². The maximum Gasteiger partial charge on any atom is 0.130 e. The van der Waals surface area contributed by atoms with Gasteiger partial charge in [0.25, 0.3) is 0 Å². The Morgan fingerprint density at radius 1 is 1.15 bits per heavy atom. The average molecular weight is 307 g/mol. The van der Waals surface area contributed by atoms with E-state index in [1.54, 1.807) is 17.8 Å². The van der Waals surface area contributed by atoms with Crippen LogP contribution in [-0.4, -0.2) is 23.3 Å². The summed E-state index contributed by atoms with van der Waals surface area (Å²) in [5.41, 5.74) is 1.37. The van der Waals surface area contributed by atoms with Gasteiger partial charge in [0.1, 0.15) is 5.15 Å². The number of hydrogen-bond donors (Lipinski definition) is 1. The lowest BCUT2D eigenvalue weighted by Crippen LogP contribution is -2.30. The molecule has 20 heavy (non-hydrogen) atoms. The predicted octanol–water partition coefficient (Wildman–Crippen LogP) is 4.05. The Morgan fingerprint density at radius 3 is 2.70 bits per heavy atom. The van der Waals surface area contributed by atoms with Crippen molar-refractivity contribution >= 4 is 23.4 Å². The van der Waals surface area contributed by atoms with Crippen LogP contribution in [0.1, 0.15) is 12.5 Å². The summed E-state index contributed by atoms with van der Waals surface area (Å²) in [6.07, 6.45) is 1.06. The van der Waals surface area contributed by atoms with E-state index in [2.05, 4.69) is 47.6 Å². The largest absolute Gasteiger partial charge is 0.313 e. The molecular formula is C16H19ClN2S. The van der Waals surface area contributed by atoms with Gasteiger partial charge in [0.15, 0.2) is 0 Å². The molecule has 0 amide bonds. The van der Waals surface area contributed by atoms with Crippen LogP contribution in [0.4, 0.5) is 0 Å². The monoisotopic (exact) mass is 306 g/mol. The maximum absolute atomic E-state index is 5.86. The fourth-order valence-electron chi connectivity index (χ4n) is 1.97. The molecule has 0 fully saturated rings. The van der Waals surface area contributed by atoms with Crippen LogP contribution >= 0.6 is 23.4 Å². The third kappa shape index (κ3) is 5.53. The third-order valence-electron chi connectivity index (χ3n) is 2.92. The summed E-state index contributed by atoms with van der Waals surface area (Å²) in [6.45, 7) is 3.18. The molecule has 1 heterocycles. The van der Waals surface area contributed by atoms with Crippen molar-refractivity contribution in [3.63, 3.8) is 0 Å². The number of rotatable bonds is 7. The zero-order chi connectivity index (χ0) is 14.2. The number of nitrogens with one attached hydrogen (secondary N) is 1. The van der Waals surface area contributed by atoms with Crippen LogP contribution in [0.5, 0.6) is 0 Å². The van der Waals surface area contributed by atoms with E-state index in [4.69, 9.17) is 11.6 Å². The topological polar surface area (TPSA) is 24.9 Å². The van der Waals surface area contributed by atoms with Gasteiger partial charge < -0.3 is 5.32 Å². The predicted molar refractivity (Wildman–Crippen MR) is 87.6 cm³/mol. The summed E-state index contributed by atoms with van der Waals surface area (Å²) < 4.78 is 0. The average Bonchev–Trinajstić information content (AvgIpc) is 2.45. The van der Waals surface area contributed by atoms with Crippen LogP contribution in [0.25, 0.3) is 0 Å². The minimum atomic E-state index is 0.477. The molecule has 0 saturated heterocycles. The van der Waals surface area contributed by atoms with Crippen LogP contribution < -0.4 is 5.32 Å². The second-order valence-corrected chi connectivity index (χ2v) is 6.19. The number of aromatic nitrogens is 1. The van der Waals surface area contributed by atoms with Gasteiger partial charge in [-0.2, -0.15) is 0 Å². The Labute approximate surface area is 130 Å². The molecule has 4 heteroatoms. The molecule has 2 rings (SSSR count). The van der Waals surface area contributed by atoms with E-state index in [-0.39, 0.29) is 0 Å². The number of nitrogens with zero attached hydrogens (tertiary/aromatic N) is 1. The van der Waals surface area contributed by atoms with Gasteiger partial charge >= 0.3 is 0 Å². The highest BCUT2D eigenvalue weighted by molar-refractivity contribution is 7.99. The normalized spacial score (nSPS) is 12.3. The lowest BCUT2D eigenvalue weighted by molar-refractivity contribution is 0.568. The minimum Gasteiger partial charge on any atom is -0.313 e. The highest BCUT2D eigenvalue weighted by Crippen LogP contribution is 2.16. The Morgan fingerprint density at radius 2 is 1.95 bits per heavy atom. The molecule has 2 nitrogen and oxygen atoms in total. The van der Waals surface area contributed by atoms with E-state index in [0.29, 0.717) is 11.2 Å². The minimum absolute atomic E-state index is 0.477. The lowest BCUT2D eigenvalue weighted by atomic mass is 10.1. The summed E-state index contributed by atoms with van der Waals surface area (Å²) in [4.78, 5) is 4.26. The number of halogens is 1. The summed E-state index contributed by atoms with van der Waals surface area (Å²) in [7, 11) is 0. The van der Waals surface area contributed by atoms with Gasteiger partial charge in [-0.3, -0.25) is 0 Å². The summed E-state index contributed by atoms with van der Waals surface area (Å²) in [6, 6.07) is 16.8. The van der Waals surface area contributed by atoms with Crippen molar-refractivity contribution in [1.29, 1.82) is 0 Å². The second-order valence-electron chi connectivity index (χ2n) is 4.69. The number of thioether (sulfide) groups is 1. The number of benzene rings is 1. The standard InChI is InChI=1S/C16H19ClN2S/c1-13(12-14-6-3-2-4-7-14)18-10-11-20-16-9-5-8-15(17)19-16/h2-9,13,18H,10-12H2,1H3. The first-order valence-corrected chi connectivity index (χ1v) is 8.13. The van der Waals surface area contributed by atoms with E-state index in [9.17, 15) is 0 Å². The Hall–Kier alpha value is -1.03. The fourth-order valence-corrected chi connectivity index (χ4v) is 2.95. The molecule has 1 N–H and O–H groups in total. The van der Waals surface area contributed by atoms with Crippen LogP contribution in [-0.2, 0) is 6.42 Å².